The first-order valence-corrected chi connectivity index (χ1v) is 12.9. The van der Waals surface area contributed by atoms with E-state index in [4.69, 9.17) is 0 Å². The van der Waals surface area contributed by atoms with E-state index in [9.17, 15) is 4.79 Å². The molecule has 2 N–H and O–H groups in total. The normalized spacial score (nSPS) is 33.4. The van der Waals surface area contributed by atoms with Crippen molar-refractivity contribution in [2.75, 3.05) is 13.1 Å². The van der Waals surface area contributed by atoms with Crippen LogP contribution in [-0.2, 0) is 6.54 Å². The number of amides is 2. The van der Waals surface area contributed by atoms with Crippen LogP contribution in [0.15, 0.2) is 54.6 Å². The van der Waals surface area contributed by atoms with Crippen molar-refractivity contribution in [1.82, 2.24) is 15.5 Å². The number of nitrogens with one attached hydrogen (secondary N) is 2. The Hall–Kier alpha value is -2.33. The SMILES string of the molecule is CC12CC3CC(NC(=O)NC4CCN(Cc5ccccc5)CC4)(CC(C1)c1ccccc13)C2. The average Bonchev–Trinajstić information content (AvgIpc) is 2.93. The van der Waals surface area contributed by atoms with E-state index in [2.05, 4.69) is 77.1 Å². The van der Waals surface area contributed by atoms with Gasteiger partial charge in [0.15, 0.2) is 0 Å². The molecule has 2 aromatic rings. The van der Waals surface area contributed by atoms with Crippen molar-refractivity contribution in [2.45, 2.75) is 81.8 Å². The van der Waals surface area contributed by atoms with E-state index >= 15 is 0 Å². The Kier molecular flexibility index (Phi) is 5.25. The van der Waals surface area contributed by atoms with Gasteiger partial charge < -0.3 is 10.6 Å². The van der Waals surface area contributed by atoms with Gasteiger partial charge in [0, 0.05) is 31.2 Å². The number of benzene rings is 2. The Morgan fingerprint density at radius 2 is 1.52 bits per heavy atom. The van der Waals surface area contributed by atoms with Crippen molar-refractivity contribution < 1.29 is 4.79 Å². The van der Waals surface area contributed by atoms with Crippen molar-refractivity contribution in [3.8, 4) is 0 Å². The van der Waals surface area contributed by atoms with Crippen molar-refractivity contribution in [2.24, 2.45) is 5.41 Å². The summed E-state index contributed by atoms with van der Waals surface area (Å²) in [6, 6.07) is 20.1. The van der Waals surface area contributed by atoms with Gasteiger partial charge in [0.05, 0.1) is 0 Å². The lowest BCUT2D eigenvalue weighted by Gasteiger charge is -2.54. The summed E-state index contributed by atoms with van der Waals surface area (Å²) in [6.07, 6.45) is 7.92. The maximum atomic E-state index is 13.2. The number of hydrogen-bond acceptors (Lipinski definition) is 2. The zero-order chi connectivity index (χ0) is 22.5. The number of hydrogen-bond donors (Lipinski definition) is 2. The molecule has 7 rings (SSSR count). The second kappa shape index (κ2) is 8.16. The number of nitrogens with zero attached hydrogens (tertiary/aromatic N) is 1. The topological polar surface area (TPSA) is 44.4 Å². The zero-order valence-corrected chi connectivity index (χ0v) is 19.9. The van der Waals surface area contributed by atoms with Crippen molar-refractivity contribution >= 4 is 6.03 Å². The van der Waals surface area contributed by atoms with Gasteiger partial charge in [-0.1, -0.05) is 61.5 Å². The van der Waals surface area contributed by atoms with Gasteiger partial charge >= 0.3 is 6.03 Å². The molecular formula is C29H37N3O. The average molecular weight is 444 g/mol. The molecule has 4 bridgehead atoms. The Bertz CT molecular complexity index is 976. The highest BCUT2D eigenvalue weighted by Gasteiger charge is 2.55. The lowest BCUT2D eigenvalue weighted by Crippen LogP contribution is -2.60. The first-order valence-electron chi connectivity index (χ1n) is 12.9. The predicted molar refractivity (Wildman–Crippen MR) is 132 cm³/mol. The van der Waals surface area contributed by atoms with Crippen LogP contribution in [0.3, 0.4) is 0 Å². The summed E-state index contributed by atoms with van der Waals surface area (Å²) in [6.45, 7) is 5.56. The van der Waals surface area contributed by atoms with Gasteiger partial charge in [-0.15, -0.1) is 0 Å². The van der Waals surface area contributed by atoms with Crippen LogP contribution < -0.4 is 10.6 Å². The van der Waals surface area contributed by atoms with Gasteiger partial charge in [0.1, 0.15) is 0 Å². The third kappa shape index (κ3) is 4.19. The van der Waals surface area contributed by atoms with E-state index in [1.165, 1.54) is 18.4 Å². The molecular weight excluding hydrogens is 406 g/mol. The number of piperidine rings is 1. The van der Waals surface area contributed by atoms with Crippen LogP contribution in [0.4, 0.5) is 4.79 Å². The quantitative estimate of drug-likeness (QED) is 0.650. The smallest absolute Gasteiger partial charge is 0.315 e. The predicted octanol–water partition coefficient (Wildman–Crippen LogP) is 5.55. The molecule has 3 fully saturated rings. The summed E-state index contributed by atoms with van der Waals surface area (Å²) in [7, 11) is 0. The molecule has 4 nitrogen and oxygen atoms in total. The highest BCUT2D eigenvalue weighted by atomic mass is 16.2. The Morgan fingerprint density at radius 3 is 2.15 bits per heavy atom. The van der Waals surface area contributed by atoms with Crippen LogP contribution >= 0.6 is 0 Å². The van der Waals surface area contributed by atoms with E-state index in [0.29, 0.717) is 17.3 Å². The van der Waals surface area contributed by atoms with E-state index < -0.39 is 0 Å². The Morgan fingerprint density at radius 1 is 0.909 bits per heavy atom. The molecule has 0 aromatic heterocycles. The maximum Gasteiger partial charge on any atom is 0.315 e. The van der Waals surface area contributed by atoms with E-state index in [0.717, 1.165) is 51.7 Å². The molecule has 1 saturated heterocycles. The summed E-state index contributed by atoms with van der Waals surface area (Å²) in [5.41, 5.74) is 4.76. The van der Waals surface area contributed by atoms with E-state index in [-0.39, 0.29) is 17.6 Å². The number of carbonyl (C=O) groups is 1. The Labute approximate surface area is 198 Å². The third-order valence-electron chi connectivity index (χ3n) is 8.94. The zero-order valence-electron chi connectivity index (χ0n) is 19.9. The van der Waals surface area contributed by atoms with Gasteiger partial charge in [0.25, 0.3) is 0 Å². The van der Waals surface area contributed by atoms with Gasteiger partial charge in [-0.05, 0) is 78.9 Å². The molecule has 2 aromatic carbocycles. The third-order valence-corrected chi connectivity index (χ3v) is 8.94. The first-order chi connectivity index (χ1) is 16.0. The first kappa shape index (κ1) is 21.2. The Balaban J connectivity index is 1.08. The monoisotopic (exact) mass is 443 g/mol. The fourth-order valence-electron chi connectivity index (χ4n) is 7.93. The molecule has 1 aliphatic heterocycles. The van der Waals surface area contributed by atoms with Crippen molar-refractivity contribution in [3.05, 3.63) is 71.3 Å². The highest BCUT2D eigenvalue weighted by molar-refractivity contribution is 5.75. The van der Waals surface area contributed by atoms with Crippen LogP contribution in [0.1, 0.15) is 80.4 Å². The van der Waals surface area contributed by atoms with Gasteiger partial charge in [-0.3, -0.25) is 4.90 Å². The van der Waals surface area contributed by atoms with Crippen molar-refractivity contribution in [3.63, 3.8) is 0 Å². The molecule has 2 unspecified atom stereocenters. The van der Waals surface area contributed by atoms with Crippen LogP contribution in [0.25, 0.3) is 0 Å². The number of rotatable bonds is 4. The van der Waals surface area contributed by atoms with Crippen LogP contribution in [0.5, 0.6) is 0 Å². The fourth-order valence-corrected chi connectivity index (χ4v) is 7.93. The standard InChI is InChI=1S/C29H37N3O/c1-28-15-22-17-29(20-28,18-23(16-28)26-10-6-5-9-25(22)26)31-27(33)30-24-11-13-32(14-12-24)19-21-7-3-2-4-8-21/h2-10,22-24H,11-20H2,1H3,(H2,30,31,33). The number of carbonyl (C=O) groups excluding carboxylic acids is 1. The van der Waals surface area contributed by atoms with Crippen LogP contribution in [0.2, 0.25) is 0 Å². The highest BCUT2D eigenvalue weighted by Crippen LogP contribution is 2.62. The summed E-state index contributed by atoms with van der Waals surface area (Å²) in [4.78, 5) is 15.7. The molecule has 33 heavy (non-hydrogen) atoms. The second-order valence-corrected chi connectivity index (χ2v) is 11.7. The molecule has 2 saturated carbocycles. The molecule has 0 spiro atoms. The molecule has 4 aliphatic carbocycles. The molecule has 2 atom stereocenters. The lowest BCUT2D eigenvalue weighted by atomic mass is 9.55. The summed E-state index contributed by atoms with van der Waals surface area (Å²) in [5, 5.41) is 6.91. The summed E-state index contributed by atoms with van der Waals surface area (Å²) in [5.74, 6) is 1.16. The van der Waals surface area contributed by atoms with E-state index in [1.54, 1.807) is 11.1 Å². The molecule has 0 radical (unpaired) electrons. The molecule has 2 amide bonds. The summed E-state index contributed by atoms with van der Waals surface area (Å²) < 4.78 is 0. The molecule has 4 heteroatoms. The second-order valence-electron chi connectivity index (χ2n) is 11.7. The molecule has 5 aliphatic rings. The van der Waals surface area contributed by atoms with Gasteiger partial charge in [-0.2, -0.15) is 0 Å². The largest absolute Gasteiger partial charge is 0.335 e. The summed E-state index contributed by atoms with van der Waals surface area (Å²) >= 11 is 0. The van der Waals surface area contributed by atoms with Crippen LogP contribution in [0, 0.1) is 5.41 Å². The fraction of sp³-hybridized carbons (Fsp3) is 0.552. The molecule has 174 valence electrons. The minimum atomic E-state index is -0.0578. The van der Waals surface area contributed by atoms with Crippen LogP contribution in [-0.4, -0.2) is 35.6 Å². The van der Waals surface area contributed by atoms with Gasteiger partial charge in [-0.25, -0.2) is 4.79 Å². The molecule has 1 heterocycles. The maximum absolute atomic E-state index is 13.2. The number of likely N-dealkylation sites (tertiary alicyclic amines) is 1. The van der Waals surface area contributed by atoms with Gasteiger partial charge in [0.2, 0.25) is 0 Å². The van der Waals surface area contributed by atoms with Crippen molar-refractivity contribution in [1.29, 1.82) is 0 Å². The lowest BCUT2D eigenvalue weighted by molar-refractivity contribution is 0.0369. The van der Waals surface area contributed by atoms with E-state index in [1.807, 2.05) is 0 Å². The minimum Gasteiger partial charge on any atom is -0.335 e. The minimum absolute atomic E-state index is 0.0578. The number of urea groups is 1.